The Balaban J connectivity index is 1.50. The van der Waals surface area contributed by atoms with Crippen molar-refractivity contribution >= 4 is 39.0 Å². The number of thiophene rings is 1. The van der Waals surface area contributed by atoms with Crippen LogP contribution in [0.25, 0.3) is 21.6 Å². The summed E-state index contributed by atoms with van der Waals surface area (Å²) in [5.41, 5.74) is 5.34. The molecule has 6 rings (SSSR count). The van der Waals surface area contributed by atoms with E-state index in [1.807, 2.05) is 44.2 Å². The molecule has 170 valence electrons. The van der Waals surface area contributed by atoms with Crippen LogP contribution in [-0.4, -0.2) is 18.9 Å². The van der Waals surface area contributed by atoms with Crippen molar-refractivity contribution in [1.82, 2.24) is 18.9 Å². The number of nitrogens with zero attached hydrogens (tertiary/aromatic N) is 4. The average Bonchev–Trinajstić information content (AvgIpc) is 3.40. The lowest BCUT2D eigenvalue weighted by Gasteiger charge is -2.15. The van der Waals surface area contributed by atoms with Crippen LogP contribution >= 0.6 is 23.1 Å². The van der Waals surface area contributed by atoms with Gasteiger partial charge in [-0.3, -0.25) is 18.6 Å². The average molecular weight is 487 g/mol. The maximum atomic E-state index is 13.9. The van der Waals surface area contributed by atoms with E-state index in [4.69, 9.17) is 4.98 Å². The molecule has 0 radical (unpaired) electrons. The number of hydrogen-bond donors (Lipinski definition) is 0. The molecule has 0 fully saturated rings. The Morgan fingerprint density at radius 3 is 2.79 bits per heavy atom. The van der Waals surface area contributed by atoms with Gasteiger partial charge >= 0.3 is 0 Å². The highest BCUT2D eigenvalue weighted by Crippen LogP contribution is 2.36. The Kier molecular flexibility index (Phi) is 5.15. The standard InChI is InChI=1S/C26H22N4O2S2/c1-15-9-10-19(16(2)12-15)30-25(32)23-18-6-5-7-20(18)34-24(23)28-26(30)33-14-17-13-22(31)29-11-4-3-8-21(29)27-17/h3-4,8-13H,5-7,14H2,1-2H3. The summed E-state index contributed by atoms with van der Waals surface area (Å²) in [4.78, 5) is 38.1. The van der Waals surface area contributed by atoms with E-state index in [0.717, 1.165) is 46.3 Å². The normalized spacial score (nSPS) is 13.1. The van der Waals surface area contributed by atoms with Crippen molar-refractivity contribution in [3.05, 3.63) is 96.6 Å². The molecule has 0 saturated carbocycles. The number of aromatic nitrogens is 4. The van der Waals surface area contributed by atoms with Crippen LogP contribution in [0.15, 0.2) is 63.4 Å². The maximum absolute atomic E-state index is 13.9. The van der Waals surface area contributed by atoms with E-state index in [1.165, 1.54) is 26.6 Å². The Morgan fingerprint density at radius 2 is 1.94 bits per heavy atom. The number of benzene rings is 1. The molecule has 0 atom stereocenters. The zero-order chi connectivity index (χ0) is 23.4. The van der Waals surface area contributed by atoms with E-state index < -0.39 is 0 Å². The Hall–Kier alpha value is -3.23. The van der Waals surface area contributed by atoms with Crippen LogP contribution in [0.2, 0.25) is 0 Å². The first-order chi connectivity index (χ1) is 16.5. The van der Waals surface area contributed by atoms with Gasteiger partial charge in [0.05, 0.1) is 16.8 Å². The molecule has 4 aromatic heterocycles. The second kappa shape index (κ2) is 8.21. The molecule has 0 bridgehead atoms. The Labute approximate surface area is 203 Å². The molecule has 0 saturated heterocycles. The van der Waals surface area contributed by atoms with Gasteiger partial charge in [0.15, 0.2) is 5.16 Å². The Bertz CT molecular complexity index is 1710. The van der Waals surface area contributed by atoms with Crippen molar-refractivity contribution in [1.29, 1.82) is 0 Å². The molecule has 0 N–H and O–H groups in total. The van der Waals surface area contributed by atoms with E-state index in [2.05, 4.69) is 11.1 Å². The fourth-order valence-corrected chi connectivity index (χ4v) is 6.91. The van der Waals surface area contributed by atoms with E-state index in [1.54, 1.807) is 28.2 Å². The van der Waals surface area contributed by atoms with E-state index >= 15 is 0 Å². The summed E-state index contributed by atoms with van der Waals surface area (Å²) in [5.74, 6) is 0.439. The second-order valence-corrected chi connectivity index (χ2v) is 10.7. The van der Waals surface area contributed by atoms with Gasteiger partial charge < -0.3 is 0 Å². The highest BCUT2D eigenvalue weighted by atomic mass is 32.2. The van der Waals surface area contributed by atoms with Gasteiger partial charge in [0, 0.05) is 22.9 Å². The molecular weight excluding hydrogens is 464 g/mol. The number of thioether (sulfide) groups is 1. The van der Waals surface area contributed by atoms with Crippen molar-refractivity contribution in [3.63, 3.8) is 0 Å². The summed E-state index contributed by atoms with van der Waals surface area (Å²) in [7, 11) is 0. The van der Waals surface area contributed by atoms with Gasteiger partial charge in [0.25, 0.3) is 11.1 Å². The molecule has 8 heteroatoms. The maximum Gasteiger partial charge on any atom is 0.267 e. The molecule has 1 aliphatic rings. The molecule has 0 amide bonds. The van der Waals surface area contributed by atoms with E-state index in [-0.39, 0.29) is 11.1 Å². The molecule has 0 unspecified atom stereocenters. The van der Waals surface area contributed by atoms with Crippen molar-refractivity contribution in [2.45, 2.75) is 44.0 Å². The fraction of sp³-hybridized carbons (Fsp3) is 0.231. The molecule has 1 aliphatic carbocycles. The lowest BCUT2D eigenvalue weighted by Crippen LogP contribution is -2.22. The minimum absolute atomic E-state index is 0.00890. The zero-order valence-corrected chi connectivity index (χ0v) is 20.5. The number of fused-ring (bicyclic) bond motifs is 4. The van der Waals surface area contributed by atoms with Gasteiger partial charge in [-0.25, -0.2) is 9.97 Å². The predicted molar refractivity (Wildman–Crippen MR) is 138 cm³/mol. The molecule has 0 spiro atoms. The molecule has 1 aromatic carbocycles. The van der Waals surface area contributed by atoms with Gasteiger partial charge in [0.1, 0.15) is 10.5 Å². The van der Waals surface area contributed by atoms with Crippen LogP contribution in [0.1, 0.15) is 33.7 Å². The molecular formula is C26H22N4O2S2. The van der Waals surface area contributed by atoms with Crippen LogP contribution in [0, 0.1) is 13.8 Å². The second-order valence-electron chi connectivity index (χ2n) is 8.67. The smallest absolute Gasteiger partial charge is 0.267 e. The number of aryl methyl sites for hydroxylation is 4. The lowest BCUT2D eigenvalue weighted by atomic mass is 10.1. The summed E-state index contributed by atoms with van der Waals surface area (Å²) in [6.07, 6.45) is 4.77. The van der Waals surface area contributed by atoms with Crippen LogP contribution < -0.4 is 11.1 Å². The van der Waals surface area contributed by atoms with Crippen LogP contribution in [-0.2, 0) is 18.6 Å². The first-order valence-electron chi connectivity index (χ1n) is 11.2. The van der Waals surface area contributed by atoms with Crippen LogP contribution in [0.5, 0.6) is 0 Å². The SMILES string of the molecule is Cc1ccc(-n2c(SCc3cc(=O)n4ccccc4n3)nc3sc4c(c3c2=O)CCC4)c(C)c1. The zero-order valence-electron chi connectivity index (χ0n) is 18.9. The monoisotopic (exact) mass is 486 g/mol. The minimum atomic E-state index is -0.119. The first kappa shape index (κ1) is 21.3. The molecule has 34 heavy (non-hydrogen) atoms. The molecule has 4 heterocycles. The predicted octanol–water partition coefficient (Wildman–Crippen LogP) is 4.85. The quantitative estimate of drug-likeness (QED) is 0.268. The summed E-state index contributed by atoms with van der Waals surface area (Å²) in [6.45, 7) is 4.07. The Morgan fingerprint density at radius 1 is 1.06 bits per heavy atom. The first-order valence-corrected chi connectivity index (χ1v) is 13.0. The van der Waals surface area contributed by atoms with Crippen LogP contribution in [0.3, 0.4) is 0 Å². The van der Waals surface area contributed by atoms with Gasteiger partial charge in [0.2, 0.25) is 0 Å². The molecule has 5 aromatic rings. The summed E-state index contributed by atoms with van der Waals surface area (Å²) < 4.78 is 3.28. The number of rotatable bonds is 4. The van der Waals surface area contributed by atoms with Gasteiger partial charge in [-0.2, -0.15) is 0 Å². The van der Waals surface area contributed by atoms with E-state index in [9.17, 15) is 9.59 Å². The third kappa shape index (κ3) is 3.49. The highest BCUT2D eigenvalue weighted by Gasteiger charge is 2.24. The van der Waals surface area contributed by atoms with Crippen LogP contribution in [0.4, 0.5) is 0 Å². The number of pyridine rings is 1. The molecule has 6 nitrogen and oxygen atoms in total. The summed E-state index contributed by atoms with van der Waals surface area (Å²) in [6, 6.07) is 13.2. The fourth-order valence-electron chi connectivity index (χ4n) is 4.71. The minimum Gasteiger partial charge on any atom is -0.269 e. The van der Waals surface area contributed by atoms with Gasteiger partial charge in [-0.05, 0) is 62.4 Å². The van der Waals surface area contributed by atoms with E-state index in [0.29, 0.717) is 22.3 Å². The number of hydrogen-bond acceptors (Lipinski definition) is 6. The summed E-state index contributed by atoms with van der Waals surface area (Å²) in [5, 5.41) is 1.39. The molecule has 0 aliphatic heterocycles. The largest absolute Gasteiger partial charge is 0.269 e. The van der Waals surface area contributed by atoms with Gasteiger partial charge in [-0.15, -0.1) is 11.3 Å². The topological polar surface area (TPSA) is 69.3 Å². The third-order valence-electron chi connectivity index (χ3n) is 6.27. The van der Waals surface area contributed by atoms with Crippen molar-refractivity contribution in [3.8, 4) is 5.69 Å². The van der Waals surface area contributed by atoms with Crippen molar-refractivity contribution < 1.29 is 0 Å². The highest BCUT2D eigenvalue weighted by molar-refractivity contribution is 7.98. The van der Waals surface area contributed by atoms with Crippen molar-refractivity contribution in [2.75, 3.05) is 0 Å². The summed E-state index contributed by atoms with van der Waals surface area (Å²) >= 11 is 3.09. The lowest BCUT2D eigenvalue weighted by molar-refractivity contribution is 0.814. The van der Waals surface area contributed by atoms with Crippen molar-refractivity contribution in [2.24, 2.45) is 0 Å². The third-order valence-corrected chi connectivity index (χ3v) is 8.43. The van der Waals surface area contributed by atoms with Gasteiger partial charge in [-0.1, -0.05) is 35.5 Å².